The molecule has 21 heavy (non-hydrogen) atoms. The molecule has 0 heterocycles. The van der Waals surface area contributed by atoms with E-state index in [9.17, 15) is 4.79 Å². The highest BCUT2D eigenvalue weighted by atomic mass is 35.5. The first kappa shape index (κ1) is 16.3. The van der Waals surface area contributed by atoms with Gasteiger partial charge in [0, 0.05) is 16.6 Å². The maximum atomic E-state index is 12.4. The van der Waals surface area contributed by atoms with Gasteiger partial charge in [0.1, 0.15) is 5.54 Å². The molecule has 3 nitrogen and oxygen atoms in total. The van der Waals surface area contributed by atoms with Crippen LogP contribution in [-0.4, -0.2) is 19.1 Å². The molecule has 1 aromatic carbocycles. The van der Waals surface area contributed by atoms with E-state index in [1.165, 1.54) is 32.8 Å². The SMILES string of the molecule is COC(=O)C(C)(NC1CCCCCC1)c1ccccc1Cl. The Balaban J connectivity index is 2.28. The van der Waals surface area contributed by atoms with Crippen LogP contribution in [0.15, 0.2) is 24.3 Å². The molecule has 0 radical (unpaired) electrons. The van der Waals surface area contributed by atoms with Crippen molar-refractivity contribution in [1.82, 2.24) is 5.32 Å². The number of nitrogens with one attached hydrogen (secondary N) is 1. The lowest BCUT2D eigenvalue weighted by atomic mass is 9.90. The van der Waals surface area contributed by atoms with Crippen LogP contribution in [0.4, 0.5) is 0 Å². The fraction of sp³-hybridized carbons (Fsp3) is 0.588. The van der Waals surface area contributed by atoms with Gasteiger partial charge in [-0.3, -0.25) is 5.32 Å². The molecule has 0 aromatic heterocycles. The fourth-order valence-corrected chi connectivity index (χ4v) is 3.47. The molecule has 1 unspecified atom stereocenters. The summed E-state index contributed by atoms with van der Waals surface area (Å²) in [7, 11) is 1.42. The predicted molar refractivity (Wildman–Crippen MR) is 85.4 cm³/mol. The number of methoxy groups -OCH3 is 1. The number of benzene rings is 1. The first-order valence-electron chi connectivity index (χ1n) is 7.69. The van der Waals surface area contributed by atoms with Crippen LogP contribution in [0, 0.1) is 0 Å². The lowest BCUT2D eigenvalue weighted by Gasteiger charge is -2.33. The molecule has 116 valence electrons. The van der Waals surface area contributed by atoms with E-state index < -0.39 is 5.54 Å². The molecule has 0 aliphatic heterocycles. The van der Waals surface area contributed by atoms with Crippen LogP contribution in [0.5, 0.6) is 0 Å². The largest absolute Gasteiger partial charge is 0.467 e. The molecule has 0 spiro atoms. The number of carbonyl (C=O) groups is 1. The zero-order valence-electron chi connectivity index (χ0n) is 12.8. The van der Waals surface area contributed by atoms with Crippen LogP contribution in [-0.2, 0) is 15.1 Å². The molecule has 1 fully saturated rings. The molecule has 1 saturated carbocycles. The lowest BCUT2D eigenvalue weighted by molar-refractivity contribution is -0.148. The number of halogens is 1. The summed E-state index contributed by atoms with van der Waals surface area (Å²) in [5.74, 6) is -0.292. The van der Waals surface area contributed by atoms with Crippen molar-refractivity contribution in [3.05, 3.63) is 34.9 Å². The van der Waals surface area contributed by atoms with Crippen molar-refractivity contribution in [1.29, 1.82) is 0 Å². The topological polar surface area (TPSA) is 38.3 Å². The molecule has 1 N–H and O–H groups in total. The van der Waals surface area contributed by atoms with E-state index in [1.54, 1.807) is 0 Å². The first-order chi connectivity index (χ1) is 10.1. The number of rotatable bonds is 4. The van der Waals surface area contributed by atoms with Crippen molar-refractivity contribution < 1.29 is 9.53 Å². The number of hydrogen-bond acceptors (Lipinski definition) is 3. The Kier molecular flexibility index (Phi) is 5.65. The van der Waals surface area contributed by atoms with Crippen LogP contribution in [0.3, 0.4) is 0 Å². The van der Waals surface area contributed by atoms with E-state index in [4.69, 9.17) is 16.3 Å². The predicted octanol–water partition coefficient (Wildman–Crippen LogP) is 4.04. The van der Waals surface area contributed by atoms with E-state index in [0.717, 1.165) is 18.4 Å². The summed E-state index contributed by atoms with van der Waals surface area (Å²) in [6.45, 7) is 1.87. The van der Waals surface area contributed by atoms with Crippen LogP contribution in [0.25, 0.3) is 0 Å². The monoisotopic (exact) mass is 309 g/mol. The van der Waals surface area contributed by atoms with Crippen molar-refractivity contribution in [2.45, 2.75) is 57.0 Å². The molecular weight excluding hydrogens is 286 g/mol. The highest BCUT2D eigenvalue weighted by Gasteiger charge is 2.39. The molecule has 1 aliphatic rings. The summed E-state index contributed by atoms with van der Waals surface area (Å²) in [6.07, 6.45) is 7.15. The van der Waals surface area contributed by atoms with E-state index in [2.05, 4.69) is 5.32 Å². The third-order valence-electron chi connectivity index (χ3n) is 4.35. The van der Waals surface area contributed by atoms with Gasteiger partial charge in [0.25, 0.3) is 0 Å². The molecule has 0 bridgehead atoms. The van der Waals surface area contributed by atoms with Crippen molar-refractivity contribution in [2.24, 2.45) is 0 Å². The standard InChI is InChI=1S/C17H24ClNO2/c1-17(16(20)21-2,14-11-7-8-12-15(14)18)19-13-9-5-3-4-6-10-13/h7-8,11-13,19H,3-6,9-10H2,1-2H3. The van der Waals surface area contributed by atoms with Gasteiger partial charge in [-0.25, -0.2) is 4.79 Å². The summed E-state index contributed by atoms with van der Waals surface area (Å²) in [5.41, 5.74) is -0.120. The van der Waals surface area contributed by atoms with Crippen molar-refractivity contribution in [2.75, 3.05) is 7.11 Å². The van der Waals surface area contributed by atoms with Crippen LogP contribution >= 0.6 is 11.6 Å². The van der Waals surface area contributed by atoms with Crippen molar-refractivity contribution in [3.63, 3.8) is 0 Å². The van der Waals surface area contributed by atoms with Crippen LogP contribution < -0.4 is 5.32 Å². The van der Waals surface area contributed by atoms with Crippen LogP contribution in [0.1, 0.15) is 51.0 Å². The average Bonchev–Trinajstić information content (AvgIpc) is 2.75. The summed E-state index contributed by atoms with van der Waals surface area (Å²) < 4.78 is 5.04. The Labute approximate surface area is 132 Å². The number of carbonyl (C=O) groups excluding carboxylic acids is 1. The van der Waals surface area contributed by atoms with Gasteiger partial charge in [-0.15, -0.1) is 0 Å². The van der Waals surface area contributed by atoms with Gasteiger partial charge in [-0.05, 0) is 25.8 Å². The molecule has 4 heteroatoms. The normalized spacial score (nSPS) is 19.6. The summed E-state index contributed by atoms with van der Waals surface area (Å²) in [4.78, 5) is 12.4. The van der Waals surface area contributed by atoms with Gasteiger partial charge in [0.2, 0.25) is 0 Å². The van der Waals surface area contributed by atoms with E-state index in [1.807, 2.05) is 31.2 Å². The van der Waals surface area contributed by atoms with Gasteiger partial charge in [-0.1, -0.05) is 55.5 Å². The van der Waals surface area contributed by atoms with Crippen molar-refractivity contribution >= 4 is 17.6 Å². The Morgan fingerprint density at radius 3 is 2.43 bits per heavy atom. The maximum Gasteiger partial charge on any atom is 0.330 e. The minimum Gasteiger partial charge on any atom is -0.467 e. The number of esters is 1. The quantitative estimate of drug-likeness (QED) is 0.674. The van der Waals surface area contributed by atoms with Gasteiger partial charge in [0.15, 0.2) is 0 Å². The smallest absolute Gasteiger partial charge is 0.330 e. The Morgan fingerprint density at radius 2 is 1.86 bits per heavy atom. The van der Waals surface area contributed by atoms with Gasteiger partial charge >= 0.3 is 5.97 Å². The molecule has 1 atom stereocenters. The van der Waals surface area contributed by atoms with E-state index >= 15 is 0 Å². The second-order valence-electron chi connectivity index (χ2n) is 5.93. The molecule has 1 aromatic rings. The highest BCUT2D eigenvalue weighted by molar-refractivity contribution is 6.31. The van der Waals surface area contributed by atoms with Crippen molar-refractivity contribution in [3.8, 4) is 0 Å². The number of ether oxygens (including phenoxy) is 1. The minimum atomic E-state index is -0.901. The minimum absolute atomic E-state index is 0.292. The zero-order valence-corrected chi connectivity index (χ0v) is 13.6. The van der Waals surface area contributed by atoms with Gasteiger partial charge in [0.05, 0.1) is 7.11 Å². The number of hydrogen-bond donors (Lipinski definition) is 1. The van der Waals surface area contributed by atoms with E-state index in [0.29, 0.717) is 11.1 Å². The molecular formula is C17H24ClNO2. The summed E-state index contributed by atoms with van der Waals surface area (Å²) in [6, 6.07) is 7.80. The third kappa shape index (κ3) is 3.78. The van der Waals surface area contributed by atoms with Gasteiger partial charge < -0.3 is 4.74 Å². The molecule has 0 amide bonds. The Hall–Kier alpha value is -1.06. The lowest BCUT2D eigenvalue weighted by Crippen LogP contribution is -2.52. The highest BCUT2D eigenvalue weighted by Crippen LogP contribution is 2.31. The van der Waals surface area contributed by atoms with Gasteiger partial charge in [-0.2, -0.15) is 0 Å². The van der Waals surface area contributed by atoms with Crippen LogP contribution in [0.2, 0.25) is 5.02 Å². The molecule has 2 rings (SSSR count). The second kappa shape index (κ2) is 7.28. The first-order valence-corrected chi connectivity index (χ1v) is 8.07. The average molecular weight is 310 g/mol. The molecule has 1 aliphatic carbocycles. The summed E-state index contributed by atoms with van der Waals surface area (Å²) in [5, 5.41) is 4.11. The zero-order chi connectivity index (χ0) is 15.3. The fourth-order valence-electron chi connectivity index (χ4n) is 3.15. The Morgan fingerprint density at radius 1 is 1.24 bits per heavy atom. The second-order valence-corrected chi connectivity index (χ2v) is 6.34. The third-order valence-corrected chi connectivity index (χ3v) is 4.68. The molecule has 0 saturated heterocycles. The Bertz CT molecular complexity index is 483. The van der Waals surface area contributed by atoms with E-state index in [-0.39, 0.29) is 5.97 Å². The summed E-state index contributed by atoms with van der Waals surface area (Å²) >= 11 is 6.31. The maximum absolute atomic E-state index is 12.4.